The second kappa shape index (κ2) is 4.01. The first-order valence-electron chi connectivity index (χ1n) is 6.11. The van der Waals surface area contributed by atoms with Crippen molar-refractivity contribution >= 4 is 5.78 Å². The third-order valence-corrected chi connectivity index (χ3v) is 3.43. The summed E-state index contributed by atoms with van der Waals surface area (Å²) in [5.41, 5.74) is 0.999. The van der Waals surface area contributed by atoms with Crippen LogP contribution in [-0.4, -0.2) is 23.4 Å². The molecule has 16 heavy (non-hydrogen) atoms. The number of piperidine rings is 1. The third kappa shape index (κ3) is 1.67. The number of fused-ring (bicyclic) bond motifs is 1. The van der Waals surface area contributed by atoms with Gasteiger partial charge in [-0.15, -0.1) is 0 Å². The highest BCUT2D eigenvalue weighted by atomic mass is 16.4. The van der Waals surface area contributed by atoms with E-state index in [4.69, 9.17) is 4.42 Å². The first-order valence-corrected chi connectivity index (χ1v) is 6.11. The summed E-state index contributed by atoms with van der Waals surface area (Å²) in [6, 6.07) is -0.0764. The van der Waals surface area contributed by atoms with Crippen molar-refractivity contribution in [2.75, 3.05) is 6.54 Å². The van der Waals surface area contributed by atoms with E-state index in [1.165, 1.54) is 0 Å². The highest BCUT2D eigenvalue weighted by molar-refractivity contribution is 5.96. The van der Waals surface area contributed by atoms with Gasteiger partial charge in [-0.1, -0.05) is 6.42 Å². The smallest absolute Gasteiger partial charge is 0.265 e. The van der Waals surface area contributed by atoms with Gasteiger partial charge in [0.25, 0.3) is 5.89 Å². The Balaban J connectivity index is 1.78. The Kier molecular flexibility index (Phi) is 2.52. The Bertz CT molecular complexity index is 384. The normalized spacial score (nSPS) is 24.4. The van der Waals surface area contributed by atoms with Crippen LogP contribution in [0.1, 0.15) is 47.8 Å². The average Bonchev–Trinajstić information content (AvgIpc) is 2.89. The first-order chi connectivity index (χ1) is 7.84. The van der Waals surface area contributed by atoms with Gasteiger partial charge in [-0.2, -0.15) is 0 Å². The lowest BCUT2D eigenvalue weighted by Crippen LogP contribution is -2.40. The minimum absolute atomic E-state index is 0.0362. The van der Waals surface area contributed by atoms with Crippen LogP contribution < -0.4 is 5.32 Å². The van der Waals surface area contributed by atoms with E-state index in [1.807, 2.05) is 0 Å². The molecular weight excluding hydrogens is 204 g/mol. The molecule has 1 saturated heterocycles. The molecule has 3 rings (SSSR count). The topological polar surface area (TPSA) is 55.1 Å². The summed E-state index contributed by atoms with van der Waals surface area (Å²) in [6.45, 7) is 0.927. The van der Waals surface area contributed by atoms with Gasteiger partial charge in [-0.3, -0.25) is 4.79 Å². The molecular formula is C12H16N2O2. The van der Waals surface area contributed by atoms with Crippen LogP contribution in [0, 0.1) is 0 Å². The zero-order chi connectivity index (χ0) is 11.0. The number of hydrogen-bond acceptors (Lipinski definition) is 4. The summed E-state index contributed by atoms with van der Waals surface area (Å²) in [5, 5.41) is 3.23. The van der Waals surface area contributed by atoms with Gasteiger partial charge in [-0.05, 0) is 32.2 Å². The van der Waals surface area contributed by atoms with E-state index in [2.05, 4.69) is 10.3 Å². The number of carbonyl (C=O) groups is 1. The van der Waals surface area contributed by atoms with Gasteiger partial charge < -0.3 is 9.73 Å². The fourth-order valence-electron chi connectivity index (χ4n) is 2.52. The highest BCUT2D eigenvalue weighted by Gasteiger charge is 2.28. The summed E-state index contributed by atoms with van der Waals surface area (Å²) in [5.74, 6) is 1.29. The molecule has 1 aromatic rings. The first kappa shape index (κ1) is 10.0. The molecule has 4 heteroatoms. The molecule has 86 valence electrons. The fraction of sp³-hybridized carbons (Fsp3) is 0.667. The molecule has 0 radical (unpaired) electrons. The van der Waals surface area contributed by atoms with Gasteiger partial charge in [0.2, 0.25) is 5.78 Å². The van der Waals surface area contributed by atoms with Crippen LogP contribution in [0.5, 0.6) is 0 Å². The van der Waals surface area contributed by atoms with E-state index >= 15 is 0 Å². The van der Waals surface area contributed by atoms with E-state index in [9.17, 15) is 4.79 Å². The lowest BCUT2D eigenvalue weighted by molar-refractivity contribution is 0.0890. The molecule has 0 aromatic carbocycles. The highest BCUT2D eigenvalue weighted by Crippen LogP contribution is 2.23. The van der Waals surface area contributed by atoms with Gasteiger partial charge >= 0.3 is 0 Å². The van der Waals surface area contributed by atoms with Gasteiger partial charge in [0.05, 0.1) is 11.7 Å². The van der Waals surface area contributed by atoms with Crippen LogP contribution in [0.4, 0.5) is 0 Å². The molecule has 1 aliphatic carbocycles. The minimum atomic E-state index is -0.0764. The number of ketones is 1. The molecule has 4 nitrogen and oxygen atoms in total. The van der Waals surface area contributed by atoms with Crippen molar-refractivity contribution in [3.05, 3.63) is 17.3 Å². The minimum Gasteiger partial charge on any atom is -0.439 e. The van der Waals surface area contributed by atoms with E-state index in [0.717, 1.165) is 56.5 Å². The van der Waals surface area contributed by atoms with Gasteiger partial charge in [0.15, 0.2) is 0 Å². The SMILES string of the molecule is O=C(c1nc2c(o1)CCC2)C1CCCCN1. The van der Waals surface area contributed by atoms with Crippen LogP contribution >= 0.6 is 0 Å². The number of aromatic nitrogens is 1. The van der Waals surface area contributed by atoms with E-state index in [0.29, 0.717) is 5.89 Å². The zero-order valence-electron chi connectivity index (χ0n) is 9.29. The summed E-state index contributed by atoms with van der Waals surface area (Å²) < 4.78 is 5.54. The van der Waals surface area contributed by atoms with Crippen molar-refractivity contribution < 1.29 is 9.21 Å². The predicted molar refractivity (Wildman–Crippen MR) is 58.5 cm³/mol. The number of nitrogens with one attached hydrogen (secondary N) is 1. The zero-order valence-corrected chi connectivity index (χ0v) is 9.29. The molecule has 1 aliphatic heterocycles. The molecule has 0 amide bonds. The number of rotatable bonds is 2. The van der Waals surface area contributed by atoms with E-state index < -0.39 is 0 Å². The van der Waals surface area contributed by atoms with Crippen molar-refractivity contribution in [1.29, 1.82) is 0 Å². The monoisotopic (exact) mass is 220 g/mol. The Hall–Kier alpha value is -1.16. The molecule has 0 saturated carbocycles. The van der Waals surface area contributed by atoms with Crippen molar-refractivity contribution in [2.45, 2.75) is 44.6 Å². The van der Waals surface area contributed by atoms with Crippen molar-refractivity contribution in [1.82, 2.24) is 10.3 Å². The summed E-state index contributed by atoms with van der Waals surface area (Å²) in [6.07, 6.45) is 6.19. The molecule has 2 heterocycles. The Morgan fingerprint density at radius 1 is 1.31 bits per heavy atom. The molecule has 1 fully saturated rings. The second-order valence-electron chi connectivity index (χ2n) is 4.61. The maximum Gasteiger partial charge on any atom is 0.265 e. The number of nitrogens with zero attached hydrogens (tertiary/aromatic N) is 1. The van der Waals surface area contributed by atoms with E-state index in [1.54, 1.807) is 0 Å². The lowest BCUT2D eigenvalue weighted by Gasteiger charge is -2.20. The van der Waals surface area contributed by atoms with Crippen molar-refractivity contribution in [2.24, 2.45) is 0 Å². The number of carbonyl (C=O) groups excluding carboxylic acids is 1. The van der Waals surface area contributed by atoms with Gasteiger partial charge in [0, 0.05) is 6.42 Å². The van der Waals surface area contributed by atoms with Crippen LogP contribution in [0.2, 0.25) is 0 Å². The maximum absolute atomic E-state index is 12.1. The molecule has 1 atom stereocenters. The van der Waals surface area contributed by atoms with Crippen LogP contribution in [-0.2, 0) is 12.8 Å². The van der Waals surface area contributed by atoms with Crippen LogP contribution in [0.25, 0.3) is 0 Å². The van der Waals surface area contributed by atoms with E-state index in [-0.39, 0.29) is 11.8 Å². The van der Waals surface area contributed by atoms with Crippen LogP contribution in [0.15, 0.2) is 4.42 Å². The summed E-state index contributed by atoms with van der Waals surface area (Å²) in [4.78, 5) is 16.4. The number of oxazole rings is 1. The third-order valence-electron chi connectivity index (χ3n) is 3.43. The molecule has 0 spiro atoms. The fourth-order valence-corrected chi connectivity index (χ4v) is 2.52. The lowest BCUT2D eigenvalue weighted by atomic mass is 10.0. The molecule has 1 N–H and O–H groups in total. The van der Waals surface area contributed by atoms with Gasteiger partial charge in [-0.25, -0.2) is 4.98 Å². The molecule has 2 aliphatic rings. The Labute approximate surface area is 94.4 Å². The average molecular weight is 220 g/mol. The Morgan fingerprint density at radius 3 is 3.00 bits per heavy atom. The summed E-state index contributed by atoms with van der Waals surface area (Å²) >= 11 is 0. The Morgan fingerprint density at radius 2 is 2.25 bits per heavy atom. The number of aryl methyl sites for hydroxylation is 2. The second-order valence-corrected chi connectivity index (χ2v) is 4.61. The number of Topliss-reactive ketones (excluding diaryl/α,β-unsaturated/α-hetero) is 1. The number of hydrogen-bond donors (Lipinski definition) is 1. The molecule has 0 bridgehead atoms. The maximum atomic E-state index is 12.1. The van der Waals surface area contributed by atoms with Crippen LogP contribution in [0.3, 0.4) is 0 Å². The standard InChI is InChI=1S/C12H16N2O2/c15-11(9-4-1-2-7-13-9)12-14-8-5-3-6-10(8)16-12/h9,13H,1-7H2. The largest absolute Gasteiger partial charge is 0.439 e. The van der Waals surface area contributed by atoms with Crippen molar-refractivity contribution in [3.63, 3.8) is 0 Å². The quantitative estimate of drug-likeness (QED) is 0.767. The molecule has 1 unspecified atom stereocenters. The molecule has 1 aromatic heterocycles. The predicted octanol–water partition coefficient (Wildman–Crippen LogP) is 1.49. The summed E-state index contributed by atoms with van der Waals surface area (Å²) in [7, 11) is 0. The van der Waals surface area contributed by atoms with Crippen molar-refractivity contribution in [3.8, 4) is 0 Å². The van der Waals surface area contributed by atoms with Gasteiger partial charge in [0.1, 0.15) is 5.76 Å².